The van der Waals surface area contributed by atoms with Crippen molar-refractivity contribution in [1.29, 1.82) is 0 Å². The summed E-state index contributed by atoms with van der Waals surface area (Å²) in [5.74, 6) is -0.388. The van der Waals surface area contributed by atoms with E-state index in [0.717, 1.165) is 39.5 Å². The Morgan fingerprint density at radius 3 is 2.30 bits per heavy atom. The van der Waals surface area contributed by atoms with Crippen molar-refractivity contribution in [2.75, 3.05) is 20.2 Å². The zero-order valence-electron chi connectivity index (χ0n) is 37.2. The molecule has 332 valence electrons. The first-order chi connectivity index (χ1) is 30.1. The minimum absolute atomic E-state index is 0.00310. The number of carbonyl (C=O) groups is 5. The number of benzene rings is 3. The van der Waals surface area contributed by atoms with E-state index < -0.39 is 47.1 Å². The molecule has 1 heterocycles. The third kappa shape index (κ3) is 11.0. The molecule has 3 aromatic rings. The average molecular weight is 857 g/mol. The molecule has 6 atom stereocenters. The second-order valence-corrected chi connectivity index (χ2v) is 17.6. The van der Waals surface area contributed by atoms with Gasteiger partial charge in [0.05, 0.1) is 25.1 Å². The number of fused-ring (bicyclic) bond motifs is 1. The van der Waals surface area contributed by atoms with E-state index in [2.05, 4.69) is 55.1 Å². The number of likely N-dealkylation sites (tertiary alicyclic amines) is 1. The summed E-state index contributed by atoms with van der Waals surface area (Å²) >= 11 is 0. The highest BCUT2D eigenvalue weighted by atomic mass is 16.6. The number of rotatable bonds is 17. The molecule has 3 aromatic carbocycles. The molecule has 2 aliphatic carbocycles. The van der Waals surface area contributed by atoms with Gasteiger partial charge in [-0.1, -0.05) is 85.8 Å². The van der Waals surface area contributed by atoms with E-state index in [-0.39, 0.29) is 55.9 Å². The fourth-order valence-corrected chi connectivity index (χ4v) is 8.57. The van der Waals surface area contributed by atoms with Gasteiger partial charge in [0.15, 0.2) is 5.78 Å². The van der Waals surface area contributed by atoms with Crippen molar-refractivity contribution in [2.24, 2.45) is 11.3 Å². The minimum Gasteiger partial charge on any atom is -0.497 e. The van der Waals surface area contributed by atoms with Crippen LogP contribution in [-0.2, 0) is 35.2 Å². The standard InChI is InChI=1S/C51H60N4O8/c1-9-36-28-51(36,48(59)53-29-34-17-13-11-14-18-34)24-23-44(56)43-26-38(31-55(43)47(58)42(30-52-46(57)10-2)54-49(60)63-50(5,6)7)62-45-27-40(35-19-15-12-16-20-35)32(3)33(4)41-25-37(61-8)21-22-39(41)45/h9-22,25,27,33,36,38,42-43H,1-2,23-24,26,28-31H2,3-8H3,(H,52,57)(H,53,59)(H,54,60). The first kappa shape index (κ1) is 46.1. The number of nitrogens with one attached hydrogen (secondary N) is 3. The van der Waals surface area contributed by atoms with Crippen molar-refractivity contribution in [3.05, 3.63) is 138 Å². The topological polar surface area (TPSA) is 152 Å². The predicted molar refractivity (Wildman–Crippen MR) is 243 cm³/mol. The van der Waals surface area contributed by atoms with Crippen LogP contribution in [-0.4, -0.2) is 78.5 Å². The third-order valence-electron chi connectivity index (χ3n) is 12.3. The average Bonchev–Trinajstić information content (AvgIpc) is 3.88. The number of ketones is 1. The zero-order valence-corrected chi connectivity index (χ0v) is 37.2. The molecule has 12 nitrogen and oxygen atoms in total. The summed E-state index contributed by atoms with van der Waals surface area (Å²) in [5.41, 5.74) is 4.25. The normalized spacial score (nSPS) is 22.0. The molecule has 1 saturated heterocycles. The molecule has 0 aromatic heterocycles. The number of ether oxygens (including phenoxy) is 3. The van der Waals surface area contributed by atoms with Gasteiger partial charge in [-0.2, -0.15) is 0 Å². The van der Waals surface area contributed by atoms with Crippen LogP contribution in [0.3, 0.4) is 0 Å². The molecule has 0 bridgehead atoms. The highest BCUT2D eigenvalue weighted by molar-refractivity contribution is 5.95. The second kappa shape index (κ2) is 19.7. The van der Waals surface area contributed by atoms with Gasteiger partial charge in [0.1, 0.15) is 29.3 Å². The van der Waals surface area contributed by atoms with Gasteiger partial charge >= 0.3 is 6.09 Å². The summed E-state index contributed by atoms with van der Waals surface area (Å²) < 4.78 is 18.1. The van der Waals surface area contributed by atoms with Crippen LogP contribution in [0.25, 0.3) is 11.3 Å². The number of alkyl carbamates (subject to hydrolysis) is 1. The van der Waals surface area contributed by atoms with Gasteiger partial charge in [-0.3, -0.25) is 19.2 Å². The van der Waals surface area contributed by atoms with E-state index in [0.29, 0.717) is 24.5 Å². The molecular weight excluding hydrogens is 797 g/mol. The van der Waals surface area contributed by atoms with Crippen LogP contribution in [0.4, 0.5) is 4.79 Å². The van der Waals surface area contributed by atoms with Crippen LogP contribution >= 0.6 is 0 Å². The molecule has 0 radical (unpaired) electrons. The number of hydrogen-bond acceptors (Lipinski definition) is 8. The van der Waals surface area contributed by atoms with Crippen molar-refractivity contribution >= 4 is 40.9 Å². The Morgan fingerprint density at radius 2 is 1.67 bits per heavy atom. The fraction of sp³-hybridized carbons (Fsp3) is 0.392. The summed E-state index contributed by atoms with van der Waals surface area (Å²) in [6, 6.07) is 23.2. The highest BCUT2D eigenvalue weighted by Crippen LogP contribution is 2.57. The Hall–Kier alpha value is -6.43. The maximum Gasteiger partial charge on any atom is 0.408 e. The third-order valence-corrected chi connectivity index (χ3v) is 12.3. The molecule has 0 spiro atoms. The summed E-state index contributed by atoms with van der Waals surface area (Å²) in [5, 5.41) is 8.30. The van der Waals surface area contributed by atoms with Crippen molar-refractivity contribution in [3.8, 4) is 5.75 Å². The van der Waals surface area contributed by atoms with Crippen molar-refractivity contribution < 1.29 is 38.2 Å². The van der Waals surface area contributed by atoms with Crippen molar-refractivity contribution in [3.63, 3.8) is 0 Å². The Kier molecular flexibility index (Phi) is 14.4. The molecule has 63 heavy (non-hydrogen) atoms. The summed E-state index contributed by atoms with van der Waals surface area (Å²) in [6.07, 6.45) is 4.29. The van der Waals surface area contributed by atoms with Crippen LogP contribution in [0.1, 0.15) is 88.5 Å². The number of amides is 4. The number of hydrogen-bond donors (Lipinski definition) is 3. The Bertz CT molecular complexity index is 2280. The van der Waals surface area contributed by atoms with E-state index in [4.69, 9.17) is 14.2 Å². The van der Waals surface area contributed by atoms with E-state index in [1.807, 2.05) is 72.8 Å². The lowest BCUT2D eigenvalue weighted by molar-refractivity contribution is -0.139. The lowest BCUT2D eigenvalue weighted by Gasteiger charge is -2.29. The summed E-state index contributed by atoms with van der Waals surface area (Å²) in [4.78, 5) is 70.1. The highest BCUT2D eigenvalue weighted by Gasteiger charge is 2.58. The number of Topliss-reactive ketones (excluding diaryl/α,β-unsaturated/α-hetero) is 1. The van der Waals surface area contributed by atoms with Crippen LogP contribution in [0.2, 0.25) is 0 Å². The number of methoxy groups -OCH3 is 1. The van der Waals surface area contributed by atoms with E-state index >= 15 is 0 Å². The van der Waals surface area contributed by atoms with E-state index in [1.165, 1.54) is 4.90 Å². The first-order valence-electron chi connectivity index (χ1n) is 21.6. The molecule has 12 heteroatoms. The van der Waals surface area contributed by atoms with Gasteiger partial charge < -0.3 is 35.1 Å². The number of nitrogens with zero attached hydrogens (tertiary/aromatic N) is 1. The molecular formula is C51H60N4O8. The summed E-state index contributed by atoms with van der Waals surface area (Å²) in [6.45, 7) is 16.9. The Morgan fingerprint density at radius 1 is 0.968 bits per heavy atom. The SMILES string of the molecule is C=CC(=O)NCC(NC(=O)OC(C)(C)C)C(=O)N1CC(OC2=CC(c3ccccc3)=C(C)C(C)c3cc(OC)ccc32)CC1C(=O)CCC1(C(=O)NCc2ccccc2)CC1C=C. The van der Waals surface area contributed by atoms with Gasteiger partial charge in [-0.05, 0) is 99.1 Å². The van der Waals surface area contributed by atoms with Crippen molar-refractivity contribution in [1.82, 2.24) is 20.9 Å². The lowest BCUT2D eigenvalue weighted by Crippen LogP contribution is -2.56. The van der Waals surface area contributed by atoms with Gasteiger partial charge in [0.25, 0.3) is 0 Å². The fourth-order valence-electron chi connectivity index (χ4n) is 8.57. The molecule has 4 amide bonds. The predicted octanol–water partition coefficient (Wildman–Crippen LogP) is 7.67. The zero-order chi connectivity index (χ0) is 45.5. The van der Waals surface area contributed by atoms with E-state index in [1.54, 1.807) is 34.0 Å². The molecule has 6 unspecified atom stereocenters. The van der Waals surface area contributed by atoms with Gasteiger partial charge in [0, 0.05) is 37.4 Å². The van der Waals surface area contributed by atoms with Crippen LogP contribution in [0.5, 0.6) is 5.75 Å². The Balaban J connectivity index is 1.32. The van der Waals surface area contributed by atoms with Crippen LogP contribution in [0, 0.1) is 11.3 Å². The van der Waals surface area contributed by atoms with Gasteiger partial charge in [-0.25, -0.2) is 4.79 Å². The van der Waals surface area contributed by atoms with Crippen LogP contribution in [0.15, 0.2) is 116 Å². The monoisotopic (exact) mass is 856 g/mol. The maximum atomic E-state index is 14.7. The molecule has 6 rings (SSSR count). The molecule has 1 aliphatic heterocycles. The van der Waals surface area contributed by atoms with E-state index in [9.17, 15) is 24.0 Å². The van der Waals surface area contributed by atoms with Crippen LogP contribution < -0.4 is 20.7 Å². The second-order valence-electron chi connectivity index (χ2n) is 17.6. The van der Waals surface area contributed by atoms with Crippen molar-refractivity contribution in [2.45, 2.75) is 96.6 Å². The quantitative estimate of drug-likeness (QED) is 0.0925. The van der Waals surface area contributed by atoms with Gasteiger partial charge in [-0.15, -0.1) is 6.58 Å². The number of carbonyl (C=O) groups excluding carboxylic acids is 5. The molecule has 2 fully saturated rings. The Labute approximate surface area is 370 Å². The maximum absolute atomic E-state index is 14.7. The number of allylic oxidation sites excluding steroid dienone is 4. The lowest BCUT2D eigenvalue weighted by atomic mass is 9.88. The first-order valence-corrected chi connectivity index (χ1v) is 21.6. The minimum atomic E-state index is -1.30. The molecule has 3 N–H and O–H groups in total. The molecule has 1 saturated carbocycles. The molecule has 3 aliphatic rings. The largest absolute Gasteiger partial charge is 0.497 e. The van der Waals surface area contributed by atoms with Gasteiger partial charge in [0.2, 0.25) is 17.7 Å². The smallest absolute Gasteiger partial charge is 0.408 e. The summed E-state index contributed by atoms with van der Waals surface area (Å²) in [7, 11) is 1.63.